The van der Waals surface area contributed by atoms with Crippen LogP contribution >= 0.6 is 23.4 Å². The van der Waals surface area contributed by atoms with E-state index in [-0.39, 0.29) is 16.7 Å². The van der Waals surface area contributed by atoms with Gasteiger partial charge in [0, 0.05) is 15.6 Å². The summed E-state index contributed by atoms with van der Waals surface area (Å²) >= 11 is 7.22. The molecule has 1 aliphatic rings. The number of amides is 2. The maximum atomic E-state index is 13.6. The first-order chi connectivity index (χ1) is 17.3. The van der Waals surface area contributed by atoms with E-state index < -0.39 is 17.8 Å². The molecule has 0 radical (unpaired) electrons. The number of nitrogens with one attached hydrogen (secondary N) is 1. The fraction of sp³-hybridized carbons (Fsp3) is 0.179. The van der Waals surface area contributed by atoms with Gasteiger partial charge >= 0.3 is 5.97 Å². The molecule has 2 amide bonds. The van der Waals surface area contributed by atoms with E-state index in [9.17, 15) is 14.4 Å². The van der Waals surface area contributed by atoms with E-state index in [1.807, 2.05) is 31.2 Å². The third-order valence-corrected chi connectivity index (χ3v) is 6.78. The molecule has 0 atom stereocenters. The Labute approximate surface area is 219 Å². The second-order valence-corrected chi connectivity index (χ2v) is 9.86. The molecular weight excluding hydrogens is 496 g/mol. The summed E-state index contributed by atoms with van der Waals surface area (Å²) in [5.41, 5.74) is 2.68. The van der Waals surface area contributed by atoms with E-state index in [0.717, 1.165) is 27.5 Å². The van der Waals surface area contributed by atoms with Gasteiger partial charge in [0.05, 0.1) is 17.4 Å². The maximum absolute atomic E-state index is 13.6. The molecule has 0 saturated heterocycles. The lowest BCUT2D eigenvalue weighted by atomic mass is 10.1. The number of halogens is 1. The van der Waals surface area contributed by atoms with Crippen molar-refractivity contribution >= 4 is 52.5 Å². The first-order valence-corrected chi connectivity index (χ1v) is 12.7. The molecule has 0 fully saturated rings. The second kappa shape index (κ2) is 11.0. The van der Waals surface area contributed by atoms with Crippen molar-refractivity contribution < 1.29 is 19.1 Å². The van der Waals surface area contributed by atoms with Gasteiger partial charge in [-0.25, -0.2) is 9.69 Å². The van der Waals surface area contributed by atoms with Gasteiger partial charge in [-0.2, -0.15) is 0 Å². The van der Waals surface area contributed by atoms with Crippen molar-refractivity contribution in [3.63, 3.8) is 0 Å². The van der Waals surface area contributed by atoms with E-state index >= 15 is 0 Å². The molecule has 184 valence electrons. The van der Waals surface area contributed by atoms with Crippen LogP contribution in [0, 0.1) is 0 Å². The molecule has 1 heterocycles. The molecule has 4 rings (SSSR count). The number of thioether (sulfide) groups is 1. The molecule has 0 aliphatic carbocycles. The highest BCUT2D eigenvalue weighted by atomic mass is 35.5. The predicted molar refractivity (Wildman–Crippen MR) is 143 cm³/mol. The molecule has 1 N–H and O–H groups in total. The number of anilines is 2. The van der Waals surface area contributed by atoms with Crippen molar-refractivity contribution in [3.05, 3.63) is 99.5 Å². The highest BCUT2D eigenvalue weighted by molar-refractivity contribution is 8.04. The fourth-order valence-electron chi connectivity index (χ4n) is 3.68. The van der Waals surface area contributed by atoms with Gasteiger partial charge in [0.15, 0.2) is 0 Å². The van der Waals surface area contributed by atoms with E-state index in [1.54, 1.807) is 62.4 Å². The fourth-order valence-corrected chi connectivity index (χ4v) is 4.74. The zero-order valence-corrected chi connectivity index (χ0v) is 21.7. The molecule has 36 heavy (non-hydrogen) atoms. The van der Waals surface area contributed by atoms with Crippen molar-refractivity contribution in [2.24, 2.45) is 0 Å². The van der Waals surface area contributed by atoms with E-state index in [4.69, 9.17) is 16.3 Å². The summed E-state index contributed by atoms with van der Waals surface area (Å²) in [6.45, 7) is 5.56. The number of ether oxygens (including phenoxy) is 1. The SMILES string of the molecule is CCc1ccccc1NC1=C(Sc2ccc(Cl)cc2)C(=O)N(c2ccc(C(=O)OC(C)C)cc2)C1=O. The standard InChI is InChI=1S/C28H25ClN2O4S/c1-4-18-7-5-6-8-23(18)30-24-25(36-22-15-11-20(29)12-16-22)27(33)31(26(24)32)21-13-9-19(10-14-21)28(34)35-17(2)3/h5-17,30H,4H2,1-3H3. The Balaban J connectivity index is 1.69. The zero-order valence-electron chi connectivity index (χ0n) is 20.1. The number of imide groups is 1. The molecule has 0 bridgehead atoms. The quantitative estimate of drug-likeness (QED) is 0.271. The van der Waals surface area contributed by atoms with Crippen LogP contribution in [-0.4, -0.2) is 23.9 Å². The maximum Gasteiger partial charge on any atom is 0.338 e. The molecule has 0 unspecified atom stereocenters. The first kappa shape index (κ1) is 25.5. The second-order valence-electron chi connectivity index (χ2n) is 8.34. The lowest BCUT2D eigenvalue weighted by molar-refractivity contribution is -0.120. The van der Waals surface area contributed by atoms with Crippen LogP contribution in [0.5, 0.6) is 0 Å². The summed E-state index contributed by atoms with van der Waals surface area (Å²) < 4.78 is 5.22. The number of carbonyl (C=O) groups is 3. The summed E-state index contributed by atoms with van der Waals surface area (Å²) in [7, 11) is 0. The average Bonchev–Trinajstić information content (AvgIpc) is 3.09. The Kier molecular flexibility index (Phi) is 7.82. The Morgan fingerprint density at radius 1 is 0.972 bits per heavy atom. The Morgan fingerprint density at radius 3 is 2.28 bits per heavy atom. The summed E-state index contributed by atoms with van der Waals surface area (Å²) in [4.78, 5) is 41.5. The number of hydrogen-bond acceptors (Lipinski definition) is 6. The minimum atomic E-state index is -0.472. The van der Waals surface area contributed by atoms with Gasteiger partial charge in [-0.1, -0.05) is 48.5 Å². The van der Waals surface area contributed by atoms with E-state index in [0.29, 0.717) is 16.3 Å². The van der Waals surface area contributed by atoms with Gasteiger partial charge < -0.3 is 10.1 Å². The largest absolute Gasteiger partial charge is 0.459 e. The van der Waals surface area contributed by atoms with Crippen molar-refractivity contribution in [1.82, 2.24) is 0 Å². The van der Waals surface area contributed by atoms with Gasteiger partial charge in [-0.15, -0.1) is 0 Å². The number of hydrogen-bond donors (Lipinski definition) is 1. The number of carbonyl (C=O) groups excluding carboxylic acids is 3. The molecule has 1 aliphatic heterocycles. The number of esters is 1. The third-order valence-electron chi connectivity index (χ3n) is 5.44. The molecule has 0 spiro atoms. The van der Waals surface area contributed by atoms with E-state index in [1.165, 1.54) is 11.8 Å². The van der Waals surface area contributed by atoms with Gasteiger partial charge in [-0.05, 0) is 80.4 Å². The zero-order chi connectivity index (χ0) is 25.8. The summed E-state index contributed by atoms with van der Waals surface area (Å²) in [6.07, 6.45) is 0.505. The number of aryl methyl sites for hydroxylation is 1. The van der Waals surface area contributed by atoms with Gasteiger partial charge in [0.1, 0.15) is 10.6 Å². The molecule has 6 nitrogen and oxygen atoms in total. The number of benzene rings is 3. The molecule has 3 aromatic carbocycles. The highest BCUT2D eigenvalue weighted by Gasteiger charge is 2.40. The normalized spacial score (nSPS) is 13.5. The lowest BCUT2D eigenvalue weighted by Crippen LogP contribution is -2.32. The van der Waals surface area contributed by atoms with Gasteiger partial charge in [-0.3, -0.25) is 9.59 Å². The molecule has 8 heteroatoms. The van der Waals surface area contributed by atoms with Gasteiger partial charge in [0.25, 0.3) is 11.8 Å². The van der Waals surface area contributed by atoms with Crippen LogP contribution in [0.1, 0.15) is 36.7 Å². The predicted octanol–water partition coefficient (Wildman–Crippen LogP) is 6.46. The molecule has 0 aromatic heterocycles. The molecule has 0 saturated carbocycles. The average molecular weight is 521 g/mol. The smallest absolute Gasteiger partial charge is 0.338 e. The van der Waals surface area contributed by atoms with Crippen LogP contribution < -0.4 is 10.2 Å². The number of rotatable bonds is 8. The molecular formula is C28H25ClN2O4S. The van der Waals surface area contributed by atoms with Crippen molar-refractivity contribution in [3.8, 4) is 0 Å². The Bertz CT molecular complexity index is 1330. The van der Waals surface area contributed by atoms with Crippen LogP contribution in [0.3, 0.4) is 0 Å². The van der Waals surface area contributed by atoms with Crippen LogP contribution in [0.25, 0.3) is 0 Å². The minimum Gasteiger partial charge on any atom is -0.459 e. The Hall–Kier alpha value is -3.55. The van der Waals surface area contributed by atoms with E-state index in [2.05, 4.69) is 5.32 Å². The monoisotopic (exact) mass is 520 g/mol. The number of para-hydroxylation sites is 1. The summed E-state index contributed by atoms with van der Waals surface area (Å²) in [5, 5.41) is 3.80. The topological polar surface area (TPSA) is 75.7 Å². The van der Waals surface area contributed by atoms with Crippen LogP contribution in [0.15, 0.2) is 88.3 Å². The first-order valence-electron chi connectivity index (χ1n) is 11.5. The van der Waals surface area contributed by atoms with Crippen LogP contribution in [0.4, 0.5) is 11.4 Å². The third kappa shape index (κ3) is 5.48. The lowest BCUT2D eigenvalue weighted by Gasteiger charge is -2.16. The van der Waals surface area contributed by atoms with Crippen LogP contribution in [0.2, 0.25) is 5.02 Å². The van der Waals surface area contributed by atoms with Crippen molar-refractivity contribution in [2.75, 3.05) is 10.2 Å². The minimum absolute atomic E-state index is 0.198. The summed E-state index contributed by atoms with van der Waals surface area (Å²) in [6, 6.07) is 21.0. The van der Waals surface area contributed by atoms with Crippen LogP contribution in [-0.2, 0) is 20.7 Å². The van der Waals surface area contributed by atoms with Gasteiger partial charge in [0.2, 0.25) is 0 Å². The highest BCUT2D eigenvalue weighted by Crippen LogP contribution is 2.38. The number of nitrogens with zero attached hydrogens (tertiary/aromatic N) is 1. The Morgan fingerprint density at radius 2 is 1.64 bits per heavy atom. The van der Waals surface area contributed by atoms with Crippen molar-refractivity contribution in [2.45, 2.75) is 38.2 Å². The molecule has 3 aromatic rings. The van der Waals surface area contributed by atoms with Crippen molar-refractivity contribution in [1.29, 1.82) is 0 Å². The summed E-state index contributed by atoms with van der Waals surface area (Å²) in [5.74, 6) is -1.39.